The number of hydrogen-bond donors (Lipinski definition) is 1. The molecule has 0 saturated carbocycles. The fourth-order valence-electron chi connectivity index (χ4n) is 1.75. The quantitative estimate of drug-likeness (QED) is 0.755. The molecule has 1 N–H and O–H groups in total. The highest BCUT2D eigenvalue weighted by Crippen LogP contribution is 2.17. The SMILES string of the molecule is CCNC(C)CCc1nc(C(CC)OC)no1. The summed E-state index contributed by atoms with van der Waals surface area (Å²) < 4.78 is 10.5. The normalized spacial score (nSPS) is 14.8. The number of rotatable bonds is 8. The largest absolute Gasteiger partial charge is 0.373 e. The molecule has 17 heavy (non-hydrogen) atoms. The molecule has 5 nitrogen and oxygen atoms in total. The second kappa shape index (κ2) is 7.40. The lowest BCUT2D eigenvalue weighted by molar-refractivity contribution is 0.0903. The van der Waals surface area contributed by atoms with Gasteiger partial charge in [0, 0.05) is 19.6 Å². The van der Waals surface area contributed by atoms with Gasteiger partial charge in [-0.3, -0.25) is 0 Å². The number of aromatic nitrogens is 2. The van der Waals surface area contributed by atoms with Crippen molar-refractivity contribution in [3.63, 3.8) is 0 Å². The summed E-state index contributed by atoms with van der Waals surface area (Å²) in [5.41, 5.74) is 0. The summed E-state index contributed by atoms with van der Waals surface area (Å²) in [6.07, 6.45) is 2.60. The van der Waals surface area contributed by atoms with E-state index in [1.165, 1.54) is 0 Å². The molecular formula is C12H23N3O2. The van der Waals surface area contributed by atoms with Gasteiger partial charge in [-0.15, -0.1) is 0 Å². The van der Waals surface area contributed by atoms with E-state index in [-0.39, 0.29) is 6.10 Å². The van der Waals surface area contributed by atoms with Crippen LogP contribution < -0.4 is 5.32 Å². The van der Waals surface area contributed by atoms with Gasteiger partial charge in [0.05, 0.1) is 0 Å². The van der Waals surface area contributed by atoms with Crippen molar-refractivity contribution < 1.29 is 9.26 Å². The Bertz CT molecular complexity index is 310. The van der Waals surface area contributed by atoms with Crippen LogP contribution in [-0.4, -0.2) is 29.8 Å². The monoisotopic (exact) mass is 241 g/mol. The Morgan fingerprint density at radius 1 is 1.41 bits per heavy atom. The minimum Gasteiger partial charge on any atom is -0.373 e. The Hall–Kier alpha value is -0.940. The Morgan fingerprint density at radius 3 is 2.76 bits per heavy atom. The number of aryl methyl sites for hydroxylation is 1. The predicted molar refractivity (Wildman–Crippen MR) is 65.8 cm³/mol. The second-order valence-electron chi connectivity index (χ2n) is 4.18. The van der Waals surface area contributed by atoms with E-state index in [2.05, 4.69) is 29.3 Å². The van der Waals surface area contributed by atoms with Crippen molar-refractivity contribution in [3.8, 4) is 0 Å². The van der Waals surface area contributed by atoms with Crippen LogP contribution in [0.2, 0.25) is 0 Å². The van der Waals surface area contributed by atoms with E-state index < -0.39 is 0 Å². The van der Waals surface area contributed by atoms with Crippen LogP contribution in [0.3, 0.4) is 0 Å². The highest BCUT2D eigenvalue weighted by atomic mass is 16.5. The molecule has 0 aromatic carbocycles. The second-order valence-corrected chi connectivity index (χ2v) is 4.18. The third-order valence-electron chi connectivity index (χ3n) is 2.77. The first-order valence-electron chi connectivity index (χ1n) is 6.29. The molecule has 1 heterocycles. The van der Waals surface area contributed by atoms with Gasteiger partial charge in [-0.25, -0.2) is 0 Å². The first kappa shape index (κ1) is 14.1. The minimum atomic E-state index is -0.0568. The van der Waals surface area contributed by atoms with E-state index in [4.69, 9.17) is 9.26 Å². The molecule has 0 amide bonds. The maximum atomic E-state index is 5.27. The van der Waals surface area contributed by atoms with Crippen molar-refractivity contribution in [1.29, 1.82) is 0 Å². The van der Waals surface area contributed by atoms with E-state index in [1.807, 2.05) is 6.92 Å². The zero-order valence-corrected chi connectivity index (χ0v) is 11.2. The van der Waals surface area contributed by atoms with Crippen LogP contribution in [0.25, 0.3) is 0 Å². The van der Waals surface area contributed by atoms with Gasteiger partial charge in [0.1, 0.15) is 6.10 Å². The van der Waals surface area contributed by atoms with E-state index in [9.17, 15) is 0 Å². The van der Waals surface area contributed by atoms with Crippen LogP contribution >= 0.6 is 0 Å². The lowest BCUT2D eigenvalue weighted by atomic mass is 10.2. The lowest BCUT2D eigenvalue weighted by Gasteiger charge is -2.09. The maximum absolute atomic E-state index is 5.27. The molecule has 0 aliphatic heterocycles. The molecule has 0 aliphatic rings. The highest BCUT2D eigenvalue weighted by molar-refractivity contribution is 4.91. The molecule has 1 aromatic rings. The summed E-state index contributed by atoms with van der Waals surface area (Å²) in [5.74, 6) is 1.35. The molecule has 1 aromatic heterocycles. The standard InChI is InChI=1S/C12H23N3O2/c1-5-10(16-4)12-14-11(17-15-12)8-7-9(3)13-6-2/h9-10,13H,5-8H2,1-4H3. The van der Waals surface area contributed by atoms with Gasteiger partial charge in [0.25, 0.3) is 0 Å². The number of nitrogens with zero attached hydrogens (tertiary/aromatic N) is 2. The van der Waals surface area contributed by atoms with E-state index in [0.29, 0.717) is 17.8 Å². The highest BCUT2D eigenvalue weighted by Gasteiger charge is 2.16. The summed E-state index contributed by atoms with van der Waals surface area (Å²) >= 11 is 0. The van der Waals surface area contributed by atoms with Gasteiger partial charge in [-0.1, -0.05) is 19.0 Å². The van der Waals surface area contributed by atoms with Gasteiger partial charge in [-0.05, 0) is 26.3 Å². The zero-order chi connectivity index (χ0) is 12.7. The van der Waals surface area contributed by atoms with Crippen molar-refractivity contribution in [2.75, 3.05) is 13.7 Å². The molecule has 1 rings (SSSR count). The molecule has 0 saturated heterocycles. The summed E-state index contributed by atoms with van der Waals surface area (Å²) in [5, 5.41) is 7.30. The smallest absolute Gasteiger partial charge is 0.226 e. The van der Waals surface area contributed by atoms with Gasteiger partial charge in [0.2, 0.25) is 11.7 Å². The van der Waals surface area contributed by atoms with Crippen molar-refractivity contribution in [2.24, 2.45) is 0 Å². The molecule has 0 bridgehead atoms. The van der Waals surface area contributed by atoms with E-state index >= 15 is 0 Å². The van der Waals surface area contributed by atoms with Gasteiger partial charge in [0.15, 0.2) is 0 Å². The van der Waals surface area contributed by atoms with E-state index in [1.54, 1.807) is 7.11 Å². The third-order valence-corrected chi connectivity index (χ3v) is 2.77. The number of ether oxygens (including phenoxy) is 1. The van der Waals surface area contributed by atoms with Crippen LogP contribution in [-0.2, 0) is 11.2 Å². The van der Waals surface area contributed by atoms with Crippen LogP contribution in [0.1, 0.15) is 51.4 Å². The first-order valence-corrected chi connectivity index (χ1v) is 6.29. The molecule has 5 heteroatoms. The maximum Gasteiger partial charge on any atom is 0.226 e. The fraction of sp³-hybridized carbons (Fsp3) is 0.833. The topological polar surface area (TPSA) is 60.2 Å². The van der Waals surface area contributed by atoms with E-state index in [0.717, 1.165) is 25.8 Å². The summed E-state index contributed by atoms with van der Waals surface area (Å²) in [6, 6.07) is 0.472. The van der Waals surface area contributed by atoms with Crippen LogP contribution in [0.15, 0.2) is 4.52 Å². The summed E-state index contributed by atoms with van der Waals surface area (Å²) in [4.78, 5) is 4.35. The van der Waals surface area contributed by atoms with Crippen molar-refractivity contribution in [2.45, 2.75) is 52.2 Å². The lowest BCUT2D eigenvalue weighted by Crippen LogP contribution is -2.25. The van der Waals surface area contributed by atoms with Crippen LogP contribution in [0.4, 0.5) is 0 Å². The fourth-order valence-corrected chi connectivity index (χ4v) is 1.75. The third kappa shape index (κ3) is 4.44. The molecule has 98 valence electrons. The van der Waals surface area contributed by atoms with Gasteiger partial charge >= 0.3 is 0 Å². The molecule has 0 spiro atoms. The van der Waals surface area contributed by atoms with Gasteiger partial charge in [-0.2, -0.15) is 4.98 Å². The average Bonchev–Trinajstić information content (AvgIpc) is 2.77. The number of nitrogens with one attached hydrogen (secondary N) is 1. The number of hydrogen-bond acceptors (Lipinski definition) is 5. The Labute approximate surface area is 103 Å². The van der Waals surface area contributed by atoms with Crippen molar-refractivity contribution in [3.05, 3.63) is 11.7 Å². The minimum absolute atomic E-state index is 0.0568. The van der Waals surface area contributed by atoms with Crippen LogP contribution in [0.5, 0.6) is 0 Å². The predicted octanol–water partition coefficient (Wildman–Crippen LogP) is 2.10. The average molecular weight is 241 g/mol. The Balaban J connectivity index is 2.45. The first-order chi connectivity index (χ1) is 8.21. The molecule has 2 unspecified atom stereocenters. The van der Waals surface area contributed by atoms with Crippen molar-refractivity contribution in [1.82, 2.24) is 15.5 Å². The molecule has 2 atom stereocenters. The van der Waals surface area contributed by atoms with Gasteiger partial charge < -0.3 is 14.6 Å². The number of methoxy groups -OCH3 is 1. The Kier molecular flexibility index (Phi) is 6.15. The van der Waals surface area contributed by atoms with Crippen LogP contribution in [0, 0.1) is 0 Å². The summed E-state index contributed by atoms with van der Waals surface area (Å²) in [7, 11) is 1.66. The zero-order valence-electron chi connectivity index (χ0n) is 11.2. The molecule has 0 fully saturated rings. The summed E-state index contributed by atoms with van der Waals surface area (Å²) in [6.45, 7) is 7.28. The molecule has 0 aliphatic carbocycles. The Morgan fingerprint density at radius 2 is 2.18 bits per heavy atom. The van der Waals surface area contributed by atoms with Crippen molar-refractivity contribution >= 4 is 0 Å². The molecule has 0 radical (unpaired) electrons. The molecular weight excluding hydrogens is 218 g/mol.